The summed E-state index contributed by atoms with van der Waals surface area (Å²) in [7, 11) is 1.84. The summed E-state index contributed by atoms with van der Waals surface area (Å²) in [6, 6.07) is 0. The van der Waals surface area contributed by atoms with E-state index in [0.717, 1.165) is 11.3 Å². The van der Waals surface area contributed by atoms with Crippen molar-refractivity contribution in [2.45, 2.75) is 13.0 Å². The molecule has 1 unspecified atom stereocenters. The van der Waals surface area contributed by atoms with Crippen LogP contribution in [-0.2, 0) is 7.05 Å². The summed E-state index contributed by atoms with van der Waals surface area (Å²) >= 11 is 0. The van der Waals surface area contributed by atoms with Gasteiger partial charge in [0.25, 0.3) is 0 Å². The highest BCUT2D eigenvalue weighted by molar-refractivity contribution is 5.27. The predicted octanol–water partition coefficient (Wildman–Crippen LogP) is 0.600. The van der Waals surface area contributed by atoms with E-state index in [1.165, 1.54) is 6.33 Å². The van der Waals surface area contributed by atoms with Crippen LogP contribution in [0.1, 0.15) is 22.9 Å². The fourth-order valence-corrected chi connectivity index (χ4v) is 1.42. The standard InChI is InChI=1S/C10H12N4O/c1-7-9(5-13-14(7)2)10(15)8-3-11-6-12-4-8/h3-6,10,15H,1-2H3. The summed E-state index contributed by atoms with van der Waals surface area (Å²) in [5.74, 6) is 0. The zero-order chi connectivity index (χ0) is 10.8. The van der Waals surface area contributed by atoms with Crippen molar-refractivity contribution in [1.29, 1.82) is 0 Å². The number of nitrogens with zero attached hydrogens (tertiary/aromatic N) is 4. The largest absolute Gasteiger partial charge is 0.383 e. The van der Waals surface area contributed by atoms with Crippen molar-refractivity contribution in [1.82, 2.24) is 19.7 Å². The number of aryl methyl sites for hydroxylation is 1. The molecule has 2 aromatic heterocycles. The lowest BCUT2D eigenvalue weighted by Gasteiger charge is -2.09. The van der Waals surface area contributed by atoms with E-state index in [4.69, 9.17) is 0 Å². The maximum absolute atomic E-state index is 10.1. The van der Waals surface area contributed by atoms with Crippen LogP contribution in [0.4, 0.5) is 0 Å². The average Bonchev–Trinajstić information content (AvgIpc) is 2.60. The molecule has 0 aromatic carbocycles. The third kappa shape index (κ3) is 1.73. The molecule has 78 valence electrons. The maximum atomic E-state index is 10.1. The van der Waals surface area contributed by atoms with E-state index in [1.807, 2.05) is 14.0 Å². The molecule has 5 nitrogen and oxygen atoms in total. The van der Waals surface area contributed by atoms with Crippen molar-refractivity contribution >= 4 is 0 Å². The predicted molar refractivity (Wildman–Crippen MR) is 54.0 cm³/mol. The molecule has 0 spiro atoms. The lowest BCUT2D eigenvalue weighted by molar-refractivity contribution is 0.218. The van der Waals surface area contributed by atoms with Crippen LogP contribution in [-0.4, -0.2) is 24.9 Å². The van der Waals surface area contributed by atoms with E-state index in [-0.39, 0.29) is 0 Å². The molecular formula is C10H12N4O. The van der Waals surface area contributed by atoms with E-state index in [9.17, 15) is 5.11 Å². The number of aliphatic hydroxyl groups is 1. The van der Waals surface area contributed by atoms with Crippen molar-refractivity contribution in [2.24, 2.45) is 7.05 Å². The second-order valence-electron chi connectivity index (χ2n) is 3.38. The van der Waals surface area contributed by atoms with Crippen LogP contribution in [0.2, 0.25) is 0 Å². The Bertz CT molecular complexity index is 452. The summed E-state index contributed by atoms with van der Waals surface area (Å²) in [6.07, 6.45) is 5.59. The quantitative estimate of drug-likeness (QED) is 0.778. The third-order valence-electron chi connectivity index (χ3n) is 2.46. The van der Waals surface area contributed by atoms with Gasteiger partial charge < -0.3 is 5.11 Å². The monoisotopic (exact) mass is 204 g/mol. The van der Waals surface area contributed by atoms with Gasteiger partial charge in [-0.2, -0.15) is 5.10 Å². The molecule has 0 radical (unpaired) electrons. The van der Waals surface area contributed by atoms with Crippen molar-refractivity contribution in [2.75, 3.05) is 0 Å². The van der Waals surface area contributed by atoms with E-state index in [0.29, 0.717) is 5.56 Å². The molecule has 0 aliphatic heterocycles. The van der Waals surface area contributed by atoms with E-state index in [1.54, 1.807) is 23.3 Å². The average molecular weight is 204 g/mol. The molecule has 0 bridgehead atoms. The summed E-state index contributed by atoms with van der Waals surface area (Å²) in [5.41, 5.74) is 2.40. The van der Waals surface area contributed by atoms with Crippen LogP contribution in [0.3, 0.4) is 0 Å². The minimum absolute atomic E-state index is 0.675. The first kappa shape index (κ1) is 9.79. The number of hydrogen-bond acceptors (Lipinski definition) is 4. The van der Waals surface area contributed by atoms with Gasteiger partial charge in [0.05, 0.1) is 6.20 Å². The van der Waals surface area contributed by atoms with Gasteiger partial charge in [-0.3, -0.25) is 4.68 Å². The fraction of sp³-hybridized carbons (Fsp3) is 0.300. The highest BCUT2D eigenvalue weighted by atomic mass is 16.3. The van der Waals surface area contributed by atoms with Crippen LogP contribution in [0.15, 0.2) is 24.9 Å². The van der Waals surface area contributed by atoms with Crippen molar-refractivity contribution in [3.05, 3.63) is 41.7 Å². The molecule has 2 heterocycles. The first-order valence-corrected chi connectivity index (χ1v) is 4.61. The second-order valence-corrected chi connectivity index (χ2v) is 3.38. The van der Waals surface area contributed by atoms with E-state index >= 15 is 0 Å². The molecular weight excluding hydrogens is 192 g/mol. The lowest BCUT2D eigenvalue weighted by atomic mass is 10.1. The molecule has 0 amide bonds. The Morgan fingerprint density at radius 1 is 1.27 bits per heavy atom. The van der Waals surface area contributed by atoms with Gasteiger partial charge in [-0.1, -0.05) is 0 Å². The van der Waals surface area contributed by atoms with Gasteiger partial charge in [0, 0.05) is 36.3 Å². The van der Waals surface area contributed by atoms with Gasteiger partial charge >= 0.3 is 0 Å². The third-order valence-corrected chi connectivity index (χ3v) is 2.46. The first-order valence-electron chi connectivity index (χ1n) is 4.61. The topological polar surface area (TPSA) is 63.8 Å². The highest BCUT2D eigenvalue weighted by Crippen LogP contribution is 2.22. The van der Waals surface area contributed by atoms with Crippen molar-refractivity contribution in [3.8, 4) is 0 Å². The summed E-state index contributed by atoms with van der Waals surface area (Å²) < 4.78 is 1.72. The first-order chi connectivity index (χ1) is 7.20. The Hall–Kier alpha value is -1.75. The van der Waals surface area contributed by atoms with Crippen molar-refractivity contribution < 1.29 is 5.11 Å². The van der Waals surface area contributed by atoms with Gasteiger partial charge in [0.15, 0.2) is 0 Å². The minimum atomic E-state index is -0.708. The van der Waals surface area contributed by atoms with E-state index in [2.05, 4.69) is 15.1 Å². The number of aromatic nitrogens is 4. The van der Waals surface area contributed by atoms with Crippen LogP contribution >= 0.6 is 0 Å². The Morgan fingerprint density at radius 2 is 1.93 bits per heavy atom. The number of rotatable bonds is 2. The van der Waals surface area contributed by atoms with E-state index < -0.39 is 6.10 Å². The molecule has 5 heteroatoms. The Balaban J connectivity index is 2.37. The normalized spacial score (nSPS) is 12.7. The minimum Gasteiger partial charge on any atom is -0.383 e. The van der Waals surface area contributed by atoms with Gasteiger partial charge in [-0.25, -0.2) is 9.97 Å². The van der Waals surface area contributed by atoms with Gasteiger partial charge in [0.1, 0.15) is 12.4 Å². The number of aliphatic hydroxyl groups excluding tert-OH is 1. The SMILES string of the molecule is Cc1c(C(O)c2cncnc2)cnn1C. The Kier molecular flexibility index (Phi) is 2.47. The number of hydrogen-bond donors (Lipinski definition) is 1. The lowest BCUT2D eigenvalue weighted by Crippen LogP contribution is -2.02. The molecule has 2 aromatic rings. The van der Waals surface area contributed by atoms with Crippen LogP contribution < -0.4 is 0 Å². The van der Waals surface area contributed by atoms with Gasteiger partial charge in [0.2, 0.25) is 0 Å². The summed E-state index contributed by atoms with van der Waals surface area (Å²) in [6.45, 7) is 1.91. The van der Waals surface area contributed by atoms with Crippen LogP contribution in [0.25, 0.3) is 0 Å². The zero-order valence-corrected chi connectivity index (χ0v) is 8.62. The van der Waals surface area contributed by atoms with Crippen molar-refractivity contribution in [3.63, 3.8) is 0 Å². The molecule has 0 aliphatic carbocycles. The fourth-order valence-electron chi connectivity index (χ4n) is 1.42. The van der Waals surface area contributed by atoms with Crippen LogP contribution in [0, 0.1) is 6.92 Å². The highest BCUT2D eigenvalue weighted by Gasteiger charge is 2.15. The molecule has 15 heavy (non-hydrogen) atoms. The molecule has 0 aliphatic rings. The molecule has 1 atom stereocenters. The smallest absolute Gasteiger partial charge is 0.115 e. The van der Waals surface area contributed by atoms with Crippen LogP contribution in [0.5, 0.6) is 0 Å². The maximum Gasteiger partial charge on any atom is 0.115 e. The zero-order valence-electron chi connectivity index (χ0n) is 8.62. The van der Waals surface area contributed by atoms with Gasteiger partial charge in [-0.05, 0) is 6.92 Å². The summed E-state index contributed by atoms with van der Waals surface area (Å²) in [5, 5.41) is 14.1. The Morgan fingerprint density at radius 3 is 2.47 bits per heavy atom. The summed E-state index contributed by atoms with van der Waals surface area (Å²) in [4.78, 5) is 7.74. The molecule has 0 fully saturated rings. The molecule has 1 N–H and O–H groups in total. The van der Waals surface area contributed by atoms with Gasteiger partial charge in [-0.15, -0.1) is 0 Å². The Labute approximate surface area is 87.4 Å². The molecule has 2 rings (SSSR count). The molecule has 0 saturated heterocycles. The molecule has 0 saturated carbocycles. The second kappa shape index (κ2) is 3.78.